The molecule has 0 bridgehead atoms. The van der Waals surface area contributed by atoms with Gasteiger partial charge in [0.05, 0.1) is 5.69 Å². The van der Waals surface area contributed by atoms with E-state index >= 15 is 0 Å². The molecule has 0 saturated carbocycles. The molecule has 3 aromatic carbocycles. The summed E-state index contributed by atoms with van der Waals surface area (Å²) in [5.74, 6) is -1.22. The van der Waals surface area contributed by atoms with Crippen LogP contribution < -0.4 is 4.90 Å². The van der Waals surface area contributed by atoms with Crippen LogP contribution in [-0.2, 0) is 0 Å². The molecule has 0 atom stereocenters. The van der Waals surface area contributed by atoms with Gasteiger partial charge in [0.1, 0.15) is 11.6 Å². The van der Waals surface area contributed by atoms with Crippen LogP contribution in [0.15, 0.2) is 75.7 Å². The Balaban J connectivity index is 2.16. The topological polar surface area (TPSA) is 3.24 Å². The van der Waals surface area contributed by atoms with Gasteiger partial charge in [-0.05, 0) is 60.7 Å². The molecule has 0 aliphatic carbocycles. The Labute approximate surface area is 149 Å². The molecule has 0 amide bonds. The molecule has 5 heteroatoms. The predicted molar refractivity (Wildman–Crippen MR) is 96.4 cm³/mol. The molecule has 0 heterocycles. The summed E-state index contributed by atoms with van der Waals surface area (Å²) in [5.41, 5.74) is 2.04. The smallest absolute Gasteiger partial charge is 0.128 e. The zero-order chi connectivity index (χ0) is 16.4. The summed E-state index contributed by atoms with van der Waals surface area (Å²) >= 11 is 6.79. The standard InChI is InChI=1S/C18H11Br2F2N/c19-12-1-5-16(6-2-12)23(17-7-3-13(20)4-8-17)18-10-14(21)9-15(22)11-18/h1-11H. The van der Waals surface area contributed by atoms with Crippen molar-refractivity contribution >= 4 is 48.9 Å². The maximum atomic E-state index is 13.7. The van der Waals surface area contributed by atoms with E-state index in [0.29, 0.717) is 5.69 Å². The third kappa shape index (κ3) is 3.79. The molecule has 0 aliphatic rings. The highest BCUT2D eigenvalue weighted by molar-refractivity contribution is 9.10. The van der Waals surface area contributed by atoms with Crippen LogP contribution in [0.25, 0.3) is 0 Å². The fraction of sp³-hybridized carbons (Fsp3) is 0. The highest BCUT2D eigenvalue weighted by Gasteiger charge is 2.14. The number of hydrogen-bond donors (Lipinski definition) is 0. The Kier molecular flexibility index (Phi) is 4.78. The minimum atomic E-state index is -0.612. The monoisotopic (exact) mass is 437 g/mol. The number of benzene rings is 3. The summed E-state index contributed by atoms with van der Waals surface area (Å²) in [6.45, 7) is 0. The summed E-state index contributed by atoms with van der Waals surface area (Å²) in [5, 5.41) is 0. The lowest BCUT2D eigenvalue weighted by Gasteiger charge is -2.25. The van der Waals surface area contributed by atoms with Gasteiger partial charge >= 0.3 is 0 Å². The third-order valence-corrected chi connectivity index (χ3v) is 4.33. The van der Waals surface area contributed by atoms with E-state index in [1.54, 1.807) is 4.90 Å². The van der Waals surface area contributed by atoms with E-state index in [1.807, 2.05) is 48.5 Å². The average molecular weight is 439 g/mol. The van der Waals surface area contributed by atoms with Crippen molar-refractivity contribution < 1.29 is 8.78 Å². The molecule has 0 N–H and O–H groups in total. The van der Waals surface area contributed by atoms with Gasteiger partial charge in [-0.1, -0.05) is 31.9 Å². The minimum absolute atomic E-state index is 0.423. The zero-order valence-electron chi connectivity index (χ0n) is 11.8. The summed E-state index contributed by atoms with van der Waals surface area (Å²) < 4.78 is 29.2. The van der Waals surface area contributed by atoms with Crippen LogP contribution in [0.4, 0.5) is 25.8 Å². The first-order chi connectivity index (χ1) is 11.0. The fourth-order valence-electron chi connectivity index (χ4n) is 2.30. The summed E-state index contributed by atoms with van der Waals surface area (Å²) in [4.78, 5) is 1.80. The van der Waals surface area contributed by atoms with Crippen LogP contribution in [0.5, 0.6) is 0 Å². The molecule has 0 radical (unpaired) electrons. The third-order valence-electron chi connectivity index (χ3n) is 3.28. The van der Waals surface area contributed by atoms with E-state index in [0.717, 1.165) is 26.4 Å². The number of anilines is 3. The average Bonchev–Trinajstić information content (AvgIpc) is 2.50. The van der Waals surface area contributed by atoms with E-state index in [9.17, 15) is 8.78 Å². The molecule has 0 unspecified atom stereocenters. The maximum Gasteiger partial charge on any atom is 0.128 e. The van der Waals surface area contributed by atoms with Gasteiger partial charge in [-0.3, -0.25) is 0 Å². The van der Waals surface area contributed by atoms with Gasteiger partial charge in [-0.25, -0.2) is 8.78 Å². The molecule has 0 aromatic heterocycles. The maximum absolute atomic E-state index is 13.7. The minimum Gasteiger partial charge on any atom is -0.310 e. The Morgan fingerprint density at radius 3 is 1.35 bits per heavy atom. The number of hydrogen-bond acceptors (Lipinski definition) is 1. The Morgan fingerprint density at radius 2 is 0.957 bits per heavy atom. The first-order valence-electron chi connectivity index (χ1n) is 6.80. The van der Waals surface area contributed by atoms with Crippen molar-refractivity contribution in [2.45, 2.75) is 0 Å². The molecule has 116 valence electrons. The van der Waals surface area contributed by atoms with Crippen molar-refractivity contribution in [3.8, 4) is 0 Å². The lowest BCUT2D eigenvalue weighted by Crippen LogP contribution is -2.10. The van der Waals surface area contributed by atoms with Gasteiger partial charge in [0.15, 0.2) is 0 Å². The highest BCUT2D eigenvalue weighted by atomic mass is 79.9. The lowest BCUT2D eigenvalue weighted by molar-refractivity contribution is 0.584. The van der Waals surface area contributed by atoms with Crippen molar-refractivity contribution in [3.05, 3.63) is 87.3 Å². The molecule has 3 aromatic rings. The first kappa shape index (κ1) is 16.1. The van der Waals surface area contributed by atoms with Crippen molar-refractivity contribution in [3.63, 3.8) is 0 Å². The van der Waals surface area contributed by atoms with Crippen LogP contribution in [0.1, 0.15) is 0 Å². The van der Waals surface area contributed by atoms with Crippen LogP contribution in [-0.4, -0.2) is 0 Å². The number of nitrogens with zero attached hydrogens (tertiary/aromatic N) is 1. The zero-order valence-corrected chi connectivity index (χ0v) is 15.0. The van der Waals surface area contributed by atoms with Crippen LogP contribution in [0.2, 0.25) is 0 Å². The van der Waals surface area contributed by atoms with Gasteiger partial charge in [-0.2, -0.15) is 0 Å². The van der Waals surface area contributed by atoms with Gasteiger partial charge in [0.2, 0.25) is 0 Å². The molecule has 0 spiro atoms. The molecule has 0 aliphatic heterocycles. The molecule has 1 nitrogen and oxygen atoms in total. The highest BCUT2D eigenvalue weighted by Crippen LogP contribution is 2.36. The molecule has 0 fully saturated rings. The molecule has 0 saturated heterocycles. The van der Waals surface area contributed by atoms with Gasteiger partial charge in [0.25, 0.3) is 0 Å². The Bertz CT molecular complexity index is 752. The summed E-state index contributed by atoms with van der Waals surface area (Å²) in [6.07, 6.45) is 0. The second kappa shape index (κ2) is 6.81. The SMILES string of the molecule is Fc1cc(F)cc(N(c2ccc(Br)cc2)c2ccc(Br)cc2)c1. The van der Waals surface area contributed by atoms with Crippen molar-refractivity contribution in [1.82, 2.24) is 0 Å². The largest absolute Gasteiger partial charge is 0.310 e. The van der Waals surface area contributed by atoms with Gasteiger partial charge in [0, 0.05) is 26.4 Å². The van der Waals surface area contributed by atoms with E-state index in [4.69, 9.17) is 0 Å². The number of rotatable bonds is 3. The van der Waals surface area contributed by atoms with E-state index in [2.05, 4.69) is 31.9 Å². The van der Waals surface area contributed by atoms with E-state index in [-0.39, 0.29) is 0 Å². The predicted octanol–water partition coefficient (Wildman–Crippen LogP) is 6.96. The van der Waals surface area contributed by atoms with Crippen molar-refractivity contribution in [1.29, 1.82) is 0 Å². The second-order valence-electron chi connectivity index (χ2n) is 4.92. The molecule has 3 rings (SSSR count). The number of halogens is 4. The Hall–Kier alpha value is -1.72. The van der Waals surface area contributed by atoms with Crippen LogP contribution in [0.3, 0.4) is 0 Å². The van der Waals surface area contributed by atoms with Crippen LogP contribution >= 0.6 is 31.9 Å². The van der Waals surface area contributed by atoms with Crippen molar-refractivity contribution in [2.24, 2.45) is 0 Å². The second-order valence-corrected chi connectivity index (χ2v) is 6.75. The Morgan fingerprint density at radius 1 is 0.565 bits per heavy atom. The quantitative estimate of drug-likeness (QED) is 0.427. The van der Waals surface area contributed by atoms with E-state index in [1.165, 1.54) is 12.1 Å². The fourth-order valence-corrected chi connectivity index (χ4v) is 2.82. The van der Waals surface area contributed by atoms with Crippen molar-refractivity contribution in [2.75, 3.05) is 4.90 Å². The van der Waals surface area contributed by atoms with Gasteiger partial charge in [-0.15, -0.1) is 0 Å². The van der Waals surface area contributed by atoms with E-state index < -0.39 is 11.6 Å². The van der Waals surface area contributed by atoms with Gasteiger partial charge < -0.3 is 4.90 Å². The van der Waals surface area contributed by atoms with Crippen LogP contribution in [0, 0.1) is 11.6 Å². The first-order valence-corrected chi connectivity index (χ1v) is 8.39. The lowest BCUT2D eigenvalue weighted by atomic mass is 10.2. The summed E-state index contributed by atoms with van der Waals surface area (Å²) in [7, 11) is 0. The summed E-state index contributed by atoms with van der Waals surface area (Å²) in [6, 6.07) is 18.6. The molecule has 23 heavy (non-hydrogen) atoms. The molecular weight excluding hydrogens is 428 g/mol. The molecular formula is C18H11Br2F2N. The normalized spacial score (nSPS) is 10.6.